The molecule has 0 unspecified atom stereocenters. The first-order chi connectivity index (χ1) is 8.83. The van der Waals surface area contributed by atoms with Crippen LogP contribution in [0.25, 0.3) is 0 Å². The molecule has 0 atom stereocenters. The van der Waals surface area contributed by atoms with Gasteiger partial charge in [0, 0.05) is 13.8 Å². The van der Waals surface area contributed by atoms with Crippen LogP contribution in [-0.4, -0.2) is 7.25 Å². The average molecular weight is 380 g/mol. The Morgan fingerprint density at radius 2 is 0.850 bits per heavy atom. The SMILES string of the molecule is C1=C\CC/C=C\CC/1.CC#N.CC#N.F[B-](F)(F)F.[Rh+]. The summed E-state index contributed by atoms with van der Waals surface area (Å²) in [6.45, 7) is 2.86. The van der Waals surface area contributed by atoms with Crippen LogP contribution in [0.1, 0.15) is 39.5 Å². The fourth-order valence-electron chi connectivity index (χ4n) is 0.856. The number of nitriles is 2. The monoisotopic (exact) mass is 380 g/mol. The van der Waals surface area contributed by atoms with Gasteiger partial charge in [-0.2, -0.15) is 10.5 Å². The summed E-state index contributed by atoms with van der Waals surface area (Å²) in [7, 11) is -6.00. The molecule has 1 aliphatic carbocycles. The maximum atomic E-state index is 9.75. The molecule has 0 fully saturated rings. The summed E-state index contributed by atoms with van der Waals surface area (Å²) in [6, 6.07) is 3.50. The van der Waals surface area contributed by atoms with Crippen molar-refractivity contribution in [3.05, 3.63) is 24.3 Å². The Kier molecular flexibility index (Phi) is 31.3. The van der Waals surface area contributed by atoms with Gasteiger partial charge in [-0.05, 0) is 25.7 Å². The second-order valence-corrected chi connectivity index (χ2v) is 3.04. The predicted molar refractivity (Wildman–Crippen MR) is 69.5 cm³/mol. The van der Waals surface area contributed by atoms with Gasteiger partial charge in [0.2, 0.25) is 0 Å². The molecule has 0 aromatic rings. The molecule has 1 rings (SSSR count). The number of nitrogens with zero attached hydrogens (tertiary/aromatic N) is 2. The molecule has 0 aliphatic heterocycles. The molecule has 0 saturated carbocycles. The third-order valence-electron chi connectivity index (χ3n) is 1.33. The van der Waals surface area contributed by atoms with E-state index in [-0.39, 0.29) is 19.5 Å². The molecule has 0 aromatic heterocycles. The molecule has 0 aromatic carbocycles. The van der Waals surface area contributed by atoms with E-state index < -0.39 is 7.25 Å². The Labute approximate surface area is 131 Å². The van der Waals surface area contributed by atoms with E-state index in [1.807, 2.05) is 0 Å². The predicted octanol–water partition coefficient (Wildman–Crippen LogP) is 5.03. The number of hydrogen-bond donors (Lipinski definition) is 0. The van der Waals surface area contributed by atoms with Crippen LogP contribution in [0.2, 0.25) is 0 Å². The van der Waals surface area contributed by atoms with E-state index in [9.17, 15) is 17.3 Å². The zero-order valence-corrected chi connectivity index (χ0v) is 13.1. The zero-order valence-electron chi connectivity index (χ0n) is 11.5. The van der Waals surface area contributed by atoms with Crippen LogP contribution in [-0.2, 0) is 19.5 Å². The fourth-order valence-corrected chi connectivity index (χ4v) is 0.856. The first-order valence-corrected chi connectivity index (χ1v) is 5.62. The van der Waals surface area contributed by atoms with Crippen molar-refractivity contribution in [2.24, 2.45) is 0 Å². The normalized spacial score (nSPS) is 15.0. The number of hydrogen-bond acceptors (Lipinski definition) is 2. The largest absolute Gasteiger partial charge is 1.00 e. The minimum atomic E-state index is -6.00. The smallest absolute Gasteiger partial charge is 0.418 e. The van der Waals surface area contributed by atoms with Crippen molar-refractivity contribution in [1.29, 1.82) is 10.5 Å². The molecular formula is C12H18BF4N2Rh. The summed E-state index contributed by atoms with van der Waals surface area (Å²) in [6.07, 6.45) is 14.0. The zero-order chi connectivity index (χ0) is 15.6. The van der Waals surface area contributed by atoms with Gasteiger partial charge in [0.25, 0.3) is 0 Å². The first kappa shape index (κ1) is 27.3. The van der Waals surface area contributed by atoms with Crippen molar-refractivity contribution in [1.82, 2.24) is 0 Å². The molecule has 0 saturated heterocycles. The van der Waals surface area contributed by atoms with Gasteiger partial charge in [-0.1, -0.05) is 24.3 Å². The second kappa shape index (κ2) is 23.0. The number of allylic oxidation sites excluding steroid dienone is 4. The second-order valence-electron chi connectivity index (χ2n) is 3.04. The van der Waals surface area contributed by atoms with Gasteiger partial charge in [0.05, 0.1) is 12.1 Å². The Hall–Kier alpha value is -1.13. The summed E-state index contributed by atoms with van der Waals surface area (Å²) < 4.78 is 39.0. The van der Waals surface area contributed by atoms with Crippen LogP contribution >= 0.6 is 0 Å². The first-order valence-electron chi connectivity index (χ1n) is 5.62. The minimum Gasteiger partial charge on any atom is -0.418 e. The molecule has 20 heavy (non-hydrogen) atoms. The van der Waals surface area contributed by atoms with Crippen molar-refractivity contribution >= 4 is 7.25 Å². The topological polar surface area (TPSA) is 47.6 Å². The molecule has 116 valence electrons. The van der Waals surface area contributed by atoms with E-state index >= 15 is 0 Å². The number of rotatable bonds is 0. The van der Waals surface area contributed by atoms with Crippen LogP contribution < -0.4 is 0 Å². The van der Waals surface area contributed by atoms with Gasteiger partial charge in [0.1, 0.15) is 0 Å². The summed E-state index contributed by atoms with van der Waals surface area (Å²) in [5, 5.41) is 14.6. The summed E-state index contributed by atoms with van der Waals surface area (Å²) in [4.78, 5) is 0. The average Bonchev–Trinajstić information content (AvgIpc) is 2.15. The molecular weight excluding hydrogens is 362 g/mol. The van der Waals surface area contributed by atoms with E-state index in [1.54, 1.807) is 12.1 Å². The Bertz CT molecular complexity index is 273. The standard InChI is InChI=1S/C8H12.2C2H3N.BF4.Rh/c1-2-4-6-8-7-5-3-1;2*1-2-3;2-1(3,4)5;/h1-2,7-8H,3-6H2;2*1H3;;/q;;;-1;+1/b2-1-,8-7-;;;;. The molecule has 0 bridgehead atoms. The van der Waals surface area contributed by atoms with Gasteiger partial charge >= 0.3 is 26.7 Å². The Morgan fingerprint density at radius 1 is 0.750 bits per heavy atom. The third-order valence-corrected chi connectivity index (χ3v) is 1.33. The van der Waals surface area contributed by atoms with Crippen LogP contribution in [0.5, 0.6) is 0 Å². The summed E-state index contributed by atoms with van der Waals surface area (Å²) >= 11 is 0. The van der Waals surface area contributed by atoms with Gasteiger partial charge in [0.15, 0.2) is 0 Å². The molecule has 0 N–H and O–H groups in total. The van der Waals surface area contributed by atoms with Crippen molar-refractivity contribution in [2.75, 3.05) is 0 Å². The fraction of sp³-hybridized carbons (Fsp3) is 0.500. The third kappa shape index (κ3) is 90.0. The van der Waals surface area contributed by atoms with E-state index in [0.717, 1.165) is 0 Å². The van der Waals surface area contributed by atoms with E-state index in [1.165, 1.54) is 39.5 Å². The molecule has 0 radical (unpaired) electrons. The van der Waals surface area contributed by atoms with Crippen LogP contribution in [0.4, 0.5) is 17.3 Å². The number of halogens is 4. The Balaban J connectivity index is -0.0000000935. The van der Waals surface area contributed by atoms with E-state index in [2.05, 4.69) is 24.3 Å². The van der Waals surface area contributed by atoms with E-state index in [0.29, 0.717) is 0 Å². The van der Waals surface area contributed by atoms with E-state index in [4.69, 9.17) is 10.5 Å². The van der Waals surface area contributed by atoms with Gasteiger partial charge < -0.3 is 17.3 Å². The molecule has 2 nitrogen and oxygen atoms in total. The molecule has 8 heteroatoms. The maximum absolute atomic E-state index is 9.75. The van der Waals surface area contributed by atoms with Crippen LogP contribution in [0.3, 0.4) is 0 Å². The van der Waals surface area contributed by atoms with Crippen LogP contribution in [0.15, 0.2) is 24.3 Å². The maximum Gasteiger partial charge on any atom is 1.00 e. The van der Waals surface area contributed by atoms with Crippen molar-refractivity contribution < 1.29 is 36.7 Å². The van der Waals surface area contributed by atoms with Crippen molar-refractivity contribution in [3.8, 4) is 12.1 Å². The Morgan fingerprint density at radius 3 is 0.950 bits per heavy atom. The molecule has 0 spiro atoms. The van der Waals surface area contributed by atoms with Crippen LogP contribution in [0, 0.1) is 22.7 Å². The van der Waals surface area contributed by atoms with Gasteiger partial charge in [-0.15, -0.1) is 0 Å². The minimum absolute atomic E-state index is 0. The summed E-state index contributed by atoms with van der Waals surface area (Å²) in [5.41, 5.74) is 0. The van der Waals surface area contributed by atoms with Gasteiger partial charge in [-0.3, -0.25) is 0 Å². The van der Waals surface area contributed by atoms with Crippen molar-refractivity contribution in [2.45, 2.75) is 39.5 Å². The molecule has 1 aliphatic rings. The molecule has 0 amide bonds. The summed E-state index contributed by atoms with van der Waals surface area (Å²) in [5.74, 6) is 0. The molecule has 0 heterocycles. The quantitative estimate of drug-likeness (QED) is 0.336. The van der Waals surface area contributed by atoms with Gasteiger partial charge in [-0.25, -0.2) is 0 Å². The van der Waals surface area contributed by atoms with Crippen molar-refractivity contribution in [3.63, 3.8) is 0 Å².